The SMILES string of the molecule is COc1cc(Nc2ncnc(NC3=CCCC=C3)n2)cc(OC)c1OC. The molecule has 136 valence electrons. The van der Waals surface area contributed by atoms with Gasteiger partial charge in [0.25, 0.3) is 0 Å². The average molecular weight is 355 g/mol. The van der Waals surface area contributed by atoms with Crippen molar-refractivity contribution in [2.45, 2.75) is 12.8 Å². The highest BCUT2D eigenvalue weighted by atomic mass is 16.5. The Morgan fingerprint density at radius 1 is 0.885 bits per heavy atom. The topological polar surface area (TPSA) is 90.4 Å². The Kier molecular flexibility index (Phi) is 5.52. The van der Waals surface area contributed by atoms with Crippen LogP contribution in [0.4, 0.5) is 17.6 Å². The Bertz CT molecular complexity index is 810. The van der Waals surface area contributed by atoms with Crippen LogP contribution in [0.3, 0.4) is 0 Å². The molecule has 8 nitrogen and oxygen atoms in total. The summed E-state index contributed by atoms with van der Waals surface area (Å²) in [6, 6.07) is 3.56. The molecule has 1 aliphatic rings. The molecule has 1 aromatic carbocycles. The number of rotatable bonds is 7. The quantitative estimate of drug-likeness (QED) is 0.782. The average Bonchev–Trinajstić information content (AvgIpc) is 2.68. The summed E-state index contributed by atoms with van der Waals surface area (Å²) in [7, 11) is 4.70. The molecule has 0 bridgehead atoms. The summed E-state index contributed by atoms with van der Waals surface area (Å²) < 4.78 is 16.0. The second-order valence-corrected chi connectivity index (χ2v) is 5.44. The lowest BCUT2D eigenvalue weighted by Crippen LogP contribution is -2.06. The predicted octanol–water partition coefficient (Wildman–Crippen LogP) is 3.29. The predicted molar refractivity (Wildman–Crippen MR) is 99.3 cm³/mol. The van der Waals surface area contributed by atoms with Crippen LogP contribution in [0.2, 0.25) is 0 Å². The summed E-state index contributed by atoms with van der Waals surface area (Å²) >= 11 is 0. The monoisotopic (exact) mass is 355 g/mol. The highest BCUT2D eigenvalue weighted by molar-refractivity contribution is 5.66. The molecule has 26 heavy (non-hydrogen) atoms. The third-order valence-electron chi connectivity index (χ3n) is 3.74. The van der Waals surface area contributed by atoms with Crippen LogP contribution in [0.1, 0.15) is 12.8 Å². The second-order valence-electron chi connectivity index (χ2n) is 5.44. The third-order valence-corrected chi connectivity index (χ3v) is 3.74. The molecule has 0 saturated heterocycles. The van der Waals surface area contributed by atoms with Gasteiger partial charge in [0.05, 0.1) is 21.3 Å². The molecular weight excluding hydrogens is 334 g/mol. The van der Waals surface area contributed by atoms with Crippen LogP contribution in [0.5, 0.6) is 17.2 Å². The van der Waals surface area contributed by atoms with E-state index in [9.17, 15) is 0 Å². The molecule has 3 rings (SSSR count). The third kappa shape index (κ3) is 4.02. The van der Waals surface area contributed by atoms with Crippen molar-refractivity contribution in [3.63, 3.8) is 0 Å². The van der Waals surface area contributed by atoms with Crippen molar-refractivity contribution < 1.29 is 14.2 Å². The van der Waals surface area contributed by atoms with E-state index in [1.54, 1.807) is 33.5 Å². The first-order chi connectivity index (χ1) is 12.7. The zero-order valence-corrected chi connectivity index (χ0v) is 14.9. The maximum absolute atomic E-state index is 5.36. The van der Waals surface area contributed by atoms with Crippen molar-refractivity contribution in [3.8, 4) is 17.2 Å². The Labute approximate surface area is 151 Å². The fourth-order valence-corrected chi connectivity index (χ4v) is 2.53. The van der Waals surface area contributed by atoms with Crippen molar-refractivity contribution >= 4 is 17.6 Å². The number of anilines is 3. The summed E-state index contributed by atoms with van der Waals surface area (Å²) in [6.07, 6.45) is 9.73. The summed E-state index contributed by atoms with van der Waals surface area (Å²) in [4.78, 5) is 12.7. The Balaban J connectivity index is 1.81. The lowest BCUT2D eigenvalue weighted by Gasteiger charge is -2.15. The number of nitrogens with zero attached hydrogens (tertiary/aromatic N) is 3. The van der Waals surface area contributed by atoms with Crippen LogP contribution in [-0.2, 0) is 0 Å². The van der Waals surface area contributed by atoms with Gasteiger partial charge in [-0.1, -0.05) is 12.2 Å². The largest absolute Gasteiger partial charge is 0.493 e. The van der Waals surface area contributed by atoms with Gasteiger partial charge < -0.3 is 24.8 Å². The van der Waals surface area contributed by atoms with Crippen LogP contribution < -0.4 is 24.8 Å². The highest BCUT2D eigenvalue weighted by Crippen LogP contribution is 2.40. The van der Waals surface area contributed by atoms with Gasteiger partial charge in [0, 0.05) is 23.5 Å². The van der Waals surface area contributed by atoms with E-state index in [-0.39, 0.29) is 0 Å². The van der Waals surface area contributed by atoms with Crippen LogP contribution >= 0.6 is 0 Å². The van der Waals surface area contributed by atoms with E-state index >= 15 is 0 Å². The molecule has 1 heterocycles. The molecule has 2 aromatic rings. The molecule has 0 radical (unpaired) electrons. The number of benzene rings is 1. The van der Waals surface area contributed by atoms with Crippen LogP contribution in [0, 0.1) is 0 Å². The lowest BCUT2D eigenvalue weighted by atomic mass is 10.1. The van der Waals surface area contributed by atoms with Crippen molar-refractivity contribution in [2.75, 3.05) is 32.0 Å². The van der Waals surface area contributed by atoms with E-state index in [0.29, 0.717) is 34.8 Å². The van der Waals surface area contributed by atoms with Crippen molar-refractivity contribution in [1.29, 1.82) is 0 Å². The summed E-state index contributed by atoms with van der Waals surface area (Å²) in [5, 5.41) is 6.30. The highest BCUT2D eigenvalue weighted by Gasteiger charge is 2.14. The number of aromatic nitrogens is 3. The van der Waals surface area contributed by atoms with E-state index in [1.165, 1.54) is 6.33 Å². The van der Waals surface area contributed by atoms with Gasteiger partial charge in [-0.05, 0) is 18.9 Å². The maximum Gasteiger partial charge on any atom is 0.232 e. The Hall–Kier alpha value is -3.29. The lowest BCUT2D eigenvalue weighted by molar-refractivity contribution is 0.324. The number of nitrogens with one attached hydrogen (secondary N) is 2. The molecule has 0 amide bonds. The molecule has 0 fully saturated rings. The van der Waals surface area contributed by atoms with Crippen molar-refractivity contribution in [2.24, 2.45) is 0 Å². The first kappa shape index (κ1) is 17.5. The number of ether oxygens (including phenoxy) is 3. The number of hydrogen-bond donors (Lipinski definition) is 2. The molecule has 0 unspecified atom stereocenters. The Morgan fingerprint density at radius 3 is 2.15 bits per heavy atom. The maximum atomic E-state index is 5.36. The normalized spacial score (nSPS) is 13.0. The van der Waals surface area contributed by atoms with Crippen molar-refractivity contribution in [3.05, 3.63) is 42.4 Å². The fraction of sp³-hybridized carbons (Fsp3) is 0.278. The number of methoxy groups -OCH3 is 3. The molecule has 0 saturated carbocycles. The molecule has 0 atom stereocenters. The first-order valence-electron chi connectivity index (χ1n) is 8.13. The van der Waals surface area contributed by atoms with Gasteiger partial charge in [0.15, 0.2) is 11.5 Å². The van der Waals surface area contributed by atoms with Gasteiger partial charge in [-0.15, -0.1) is 0 Å². The minimum absolute atomic E-state index is 0.400. The minimum Gasteiger partial charge on any atom is -0.493 e. The molecule has 0 aliphatic heterocycles. The zero-order valence-electron chi connectivity index (χ0n) is 14.9. The summed E-state index contributed by atoms with van der Waals surface area (Å²) in [5.41, 5.74) is 1.68. The molecule has 8 heteroatoms. The van der Waals surface area contributed by atoms with Crippen LogP contribution in [0.15, 0.2) is 42.4 Å². The standard InChI is InChI=1S/C18H21N5O3/c1-24-14-9-13(10-15(25-2)16(14)26-3)22-18-20-11-19-17(23-18)21-12-7-5-4-6-8-12/h5,7-11H,4,6H2,1-3H3,(H2,19,20,21,22,23). The Morgan fingerprint density at radius 2 is 1.58 bits per heavy atom. The fourth-order valence-electron chi connectivity index (χ4n) is 2.53. The van der Waals surface area contributed by atoms with E-state index in [1.807, 2.05) is 6.08 Å². The van der Waals surface area contributed by atoms with Gasteiger partial charge in [0.1, 0.15) is 6.33 Å². The van der Waals surface area contributed by atoms with E-state index in [0.717, 1.165) is 18.5 Å². The minimum atomic E-state index is 0.400. The van der Waals surface area contributed by atoms with Crippen LogP contribution in [0.25, 0.3) is 0 Å². The molecular formula is C18H21N5O3. The van der Waals surface area contributed by atoms with E-state index < -0.39 is 0 Å². The van der Waals surface area contributed by atoms with E-state index in [2.05, 4.69) is 37.7 Å². The molecule has 1 aromatic heterocycles. The summed E-state index contributed by atoms with van der Waals surface area (Å²) in [5.74, 6) is 2.47. The number of allylic oxidation sites excluding steroid dienone is 3. The summed E-state index contributed by atoms with van der Waals surface area (Å²) in [6.45, 7) is 0. The molecule has 0 spiro atoms. The van der Waals surface area contributed by atoms with Gasteiger partial charge in [-0.3, -0.25) is 0 Å². The van der Waals surface area contributed by atoms with Gasteiger partial charge in [-0.2, -0.15) is 4.98 Å². The number of hydrogen-bond acceptors (Lipinski definition) is 8. The first-order valence-corrected chi connectivity index (χ1v) is 8.13. The second kappa shape index (κ2) is 8.19. The van der Waals surface area contributed by atoms with Gasteiger partial charge >= 0.3 is 0 Å². The van der Waals surface area contributed by atoms with E-state index in [4.69, 9.17) is 14.2 Å². The van der Waals surface area contributed by atoms with Crippen molar-refractivity contribution in [1.82, 2.24) is 15.0 Å². The van der Waals surface area contributed by atoms with Gasteiger partial charge in [-0.25, -0.2) is 9.97 Å². The zero-order chi connectivity index (χ0) is 18.4. The molecule has 2 N–H and O–H groups in total. The van der Waals surface area contributed by atoms with Gasteiger partial charge in [0.2, 0.25) is 17.6 Å². The van der Waals surface area contributed by atoms with Crippen LogP contribution in [-0.4, -0.2) is 36.3 Å². The smallest absolute Gasteiger partial charge is 0.232 e. The molecule has 1 aliphatic carbocycles.